The SMILES string of the molecule is CC1Cc2ccccc2N1c1ccc(C(=O)N2CCN(c3ccccc3)CC2)cn1. The van der Waals surface area contributed by atoms with Crippen LogP contribution in [0.1, 0.15) is 22.8 Å². The summed E-state index contributed by atoms with van der Waals surface area (Å²) >= 11 is 0. The van der Waals surface area contributed by atoms with Crippen molar-refractivity contribution >= 4 is 23.1 Å². The van der Waals surface area contributed by atoms with Gasteiger partial charge in [0.2, 0.25) is 0 Å². The number of rotatable bonds is 3. The maximum Gasteiger partial charge on any atom is 0.255 e. The number of amides is 1. The highest BCUT2D eigenvalue weighted by Gasteiger charge is 2.28. The van der Waals surface area contributed by atoms with Crippen molar-refractivity contribution in [3.63, 3.8) is 0 Å². The van der Waals surface area contributed by atoms with Gasteiger partial charge in [0.25, 0.3) is 5.91 Å². The predicted octanol–water partition coefficient (Wildman–Crippen LogP) is 4.13. The average Bonchev–Trinajstić information content (AvgIpc) is 3.15. The molecule has 5 nitrogen and oxygen atoms in total. The van der Waals surface area contributed by atoms with Crippen molar-refractivity contribution < 1.29 is 4.79 Å². The highest BCUT2D eigenvalue weighted by molar-refractivity contribution is 5.94. The quantitative estimate of drug-likeness (QED) is 0.665. The molecule has 1 fully saturated rings. The average molecular weight is 399 g/mol. The summed E-state index contributed by atoms with van der Waals surface area (Å²) in [6.07, 6.45) is 2.75. The molecule has 2 aromatic carbocycles. The first-order valence-electron chi connectivity index (χ1n) is 10.6. The molecule has 0 aliphatic carbocycles. The number of para-hydroxylation sites is 2. The molecule has 0 spiro atoms. The zero-order chi connectivity index (χ0) is 20.5. The minimum atomic E-state index is 0.0663. The van der Waals surface area contributed by atoms with E-state index in [0.717, 1.165) is 38.4 Å². The van der Waals surface area contributed by atoms with Crippen LogP contribution in [0.4, 0.5) is 17.2 Å². The normalized spacial score (nSPS) is 18.4. The molecule has 2 aliphatic heterocycles. The van der Waals surface area contributed by atoms with Gasteiger partial charge in [0.1, 0.15) is 5.82 Å². The highest BCUT2D eigenvalue weighted by Crippen LogP contribution is 2.37. The molecular weight excluding hydrogens is 372 g/mol. The monoisotopic (exact) mass is 398 g/mol. The van der Waals surface area contributed by atoms with Gasteiger partial charge in [-0.3, -0.25) is 4.79 Å². The second-order valence-corrected chi connectivity index (χ2v) is 8.07. The Morgan fingerprint density at radius 2 is 1.63 bits per heavy atom. The molecule has 2 aliphatic rings. The van der Waals surface area contributed by atoms with Gasteiger partial charge in [-0.25, -0.2) is 4.98 Å². The molecule has 1 atom stereocenters. The molecule has 1 unspecified atom stereocenters. The molecule has 1 aromatic heterocycles. The van der Waals surface area contributed by atoms with E-state index in [-0.39, 0.29) is 5.91 Å². The van der Waals surface area contributed by atoms with E-state index in [9.17, 15) is 4.79 Å². The van der Waals surface area contributed by atoms with E-state index in [0.29, 0.717) is 11.6 Å². The van der Waals surface area contributed by atoms with Crippen molar-refractivity contribution in [3.8, 4) is 0 Å². The molecule has 5 heteroatoms. The fourth-order valence-corrected chi connectivity index (χ4v) is 4.56. The summed E-state index contributed by atoms with van der Waals surface area (Å²) in [5.74, 6) is 0.967. The van der Waals surface area contributed by atoms with Gasteiger partial charge in [0.15, 0.2) is 0 Å². The van der Waals surface area contributed by atoms with E-state index in [4.69, 9.17) is 0 Å². The van der Waals surface area contributed by atoms with Gasteiger partial charge in [-0.15, -0.1) is 0 Å². The van der Waals surface area contributed by atoms with Crippen molar-refractivity contribution in [2.24, 2.45) is 0 Å². The first kappa shape index (κ1) is 18.7. The van der Waals surface area contributed by atoms with Crippen molar-refractivity contribution in [1.82, 2.24) is 9.88 Å². The van der Waals surface area contributed by atoms with Crippen LogP contribution in [0, 0.1) is 0 Å². The largest absolute Gasteiger partial charge is 0.368 e. The number of anilines is 3. The minimum Gasteiger partial charge on any atom is -0.368 e. The van der Waals surface area contributed by atoms with Crippen molar-refractivity contribution in [3.05, 3.63) is 84.1 Å². The third-order valence-electron chi connectivity index (χ3n) is 6.14. The van der Waals surface area contributed by atoms with Crippen LogP contribution in [0.15, 0.2) is 72.9 Å². The van der Waals surface area contributed by atoms with Crippen LogP contribution in [-0.4, -0.2) is 48.0 Å². The van der Waals surface area contributed by atoms with E-state index >= 15 is 0 Å². The lowest BCUT2D eigenvalue weighted by Crippen LogP contribution is -2.48. The Morgan fingerprint density at radius 3 is 2.37 bits per heavy atom. The Kier molecular flexibility index (Phi) is 4.87. The summed E-state index contributed by atoms with van der Waals surface area (Å²) in [6, 6.07) is 23.1. The van der Waals surface area contributed by atoms with Gasteiger partial charge in [-0.1, -0.05) is 36.4 Å². The number of nitrogens with zero attached hydrogens (tertiary/aromatic N) is 4. The molecule has 1 saturated heterocycles. The maximum absolute atomic E-state index is 13.0. The summed E-state index contributed by atoms with van der Waals surface area (Å²) in [6.45, 7) is 5.37. The summed E-state index contributed by atoms with van der Waals surface area (Å²) in [5, 5.41) is 0. The molecule has 5 rings (SSSR count). The van der Waals surface area contributed by atoms with Gasteiger partial charge >= 0.3 is 0 Å². The third-order valence-corrected chi connectivity index (χ3v) is 6.14. The smallest absolute Gasteiger partial charge is 0.255 e. The summed E-state index contributed by atoms with van der Waals surface area (Å²) in [5.41, 5.74) is 4.44. The number of aromatic nitrogens is 1. The van der Waals surface area contributed by atoms with E-state index in [1.165, 1.54) is 16.9 Å². The number of pyridine rings is 1. The summed E-state index contributed by atoms with van der Waals surface area (Å²) in [7, 11) is 0. The maximum atomic E-state index is 13.0. The van der Waals surface area contributed by atoms with Gasteiger partial charge in [0, 0.05) is 49.8 Å². The van der Waals surface area contributed by atoms with Crippen LogP contribution in [-0.2, 0) is 6.42 Å². The Morgan fingerprint density at radius 1 is 0.900 bits per heavy atom. The van der Waals surface area contributed by atoms with Gasteiger partial charge in [-0.05, 0) is 49.2 Å². The fraction of sp³-hybridized carbons (Fsp3) is 0.280. The zero-order valence-electron chi connectivity index (χ0n) is 17.2. The topological polar surface area (TPSA) is 39.7 Å². The van der Waals surface area contributed by atoms with Crippen LogP contribution >= 0.6 is 0 Å². The first-order valence-corrected chi connectivity index (χ1v) is 10.6. The van der Waals surface area contributed by atoms with Crippen molar-refractivity contribution in [2.45, 2.75) is 19.4 Å². The fourth-order valence-electron chi connectivity index (χ4n) is 4.56. The molecule has 0 bridgehead atoms. The number of carbonyl (C=O) groups is 1. The number of piperazine rings is 1. The van der Waals surface area contributed by atoms with Gasteiger partial charge in [0.05, 0.1) is 5.56 Å². The zero-order valence-corrected chi connectivity index (χ0v) is 17.2. The van der Waals surface area contributed by atoms with Crippen LogP contribution < -0.4 is 9.80 Å². The standard InChI is InChI=1S/C25H26N4O/c1-19-17-20-7-5-6-10-23(20)29(19)24-12-11-21(18-26-24)25(30)28-15-13-27(14-16-28)22-8-3-2-4-9-22/h2-12,18-19H,13-17H2,1H3. The minimum absolute atomic E-state index is 0.0663. The first-order chi connectivity index (χ1) is 14.7. The van der Waals surface area contributed by atoms with Crippen LogP contribution in [0.3, 0.4) is 0 Å². The number of carbonyl (C=O) groups excluding carboxylic acids is 1. The lowest BCUT2D eigenvalue weighted by atomic mass is 10.1. The van der Waals surface area contributed by atoms with Crippen molar-refractivity contribution in [2.75, 3.05) is 36.0 Å². The number of benzene rings is 2. The van der Waals surface area contributed by atoms with Crippen LogP contribution in [0.5, 0.6) is 0 Å². The molecule has 30 heavy (non-hydrogen) atoms. The Balaban J connectivity index is 1.27. The predicted molar refractivity (Wildman–Crippen MR) is 121 cm³/mol. The highest BCUT2D eigenvalue weighted by atomic mass is 16.2. The lowest BCUT2D eigenvalue weighted by Gasteiger charge is -2.36. The number of hydrogen-bond acceptors (Lipinski definition) is 4. The number of hydrogen-bond donors (Lipinski definition) is 0. The van der Waals surface area contributed by atoms with Gasteiger partial charge < -0.3 is 14.7 Å². The Labute approximate surface area is 177 Å². The van der Waals surface area contributed by atoms with Crippen molar-refractivity contribution in [1.29, 1.82) is 0 Å². The number of fused-ring (bicyclic) bond motifs is 1. The Bertz CT molecular complexity index is 1030. The second kappa shape index (κ2) is 7.82. The van der Waals surface area contributed by atoms with Crippen LogP contribution in [0.25, 0.3) is 0 Å². The van der Waals surface area contributed by atoms with E-state index in [1.807, 2.05) is 23.1 Å². The van der Waals surface area contributed by atoms with Crippen LogP contribution in [0.2, 0.25) is 0 Å². The lowest BCUT2D eigenvalue weighted by molar-refractivity contribution is 0.0746. The summed E-state index contributed by atoms with van der Waals surface area (Å²) < 4.78 is 0. The summed E-state index contributed by atoms with van der Waals surface area (Å²) in [4.78, 5) is 24.2. The molecule has 0 N–H and O–H groups in total. The molecule has 3 heterocycles. The van der Waals surface area contributed by atoms with E-state index < -0.39 is 0 Å². The molecule has 0 radical (unpaired) electrons. The molecule has 3 aromatic rings. The molecule has 1 amide bonds. The molecular formula is C25H26N4O. The van der Waals surface area contributed by atoms with Gasteiger partial charge in [-0.2, -0.15) is 0 Å². The second-order valence-electron chi connectivity index (χ2n) is 8.07. The molecule has 152 valence electrons. The Hall–Kier alpha value is -3.34. The van der Waals surface area contributed by atoms with E-state index in [1.54, 1.807) is 6.20 Å². The van der Waals surface area contributed by atoms with E-state index in [2.05, 4.69) is 70.2 Å². The molecule has 0 saturated carbocycles. The third kappa shape index (κ3) is 3.41.